The van der Waals surface area contributed by atoms with Gasteiger partial charge in [0.05, 0.1) is 17.0 Å². The fourth-order valence-electron chi connectivity index (χ4n) is 4.29. The highest BCUT2D eigenvalue weighted by Gasteiger charge is 2.35. The number of ether oxygens (including phenoxy) is 1. The minimum Gasteiger partial charge on any atom is -0.381 e. The topological polar surface area (TPSA) is 78.2 Å². The van der Waals surface area contributed by atoms with Crippen LogP contribution >= 0.6 is 0 Å². The van der Waals surface area contributed by atoms with E-state index in [9.17, 15) is 27.2 Å². The molecule has 0 spiro atoms. The molecule has 0 aliphatic carbocycles. The van der Waals surface area contributed by atoms with Gasteiger partial charge in [-0.2, -0.15) is 18.3 Å². The molecule has 1 atom stereocenters. The van der Waals surface area contributed by atoms with Crippen molar-refractivity contribution in [3.05, 3.63) is 68.1 Å². The maximum absolute atomic E-state index is 14.7. The van der Waals surface area contributed by atoms with Crippen molar-refractivity contribution in [2.24, 2.45) is 7.05 Å². The van der Waals surface area contributed by atoms with E-state index in [2.05, 4.69) is 10.4 Å². The fourth-order valence-corrected chi connectivity index (χ4v) is 4.29. The molecule has 3 heterocycles. The van der Waals surface area contributed by atoms with E-state index in [0.717, 1.165) is 10.7 Å². The van der Waals surface area contributed by atoms with Crippen LogP contribution in [0.15, 0.2) is 40.1 Å². The molecule has 4 rings (SSSR count). The summed E-state index contributed by atoms with van der Waals surface area (Å²) in [6.45, 7) is 4.37. The number of hydrogen-bond donors (Lipinski definition) is 1. The summed E-state index contributed by atoms with van der Waals surface area (Å²) in [5, 5.41) is 7.57. The highest BCUT2D eigenvalue weighted by Crippen LogP contribution is 2.35. The second-order valence-electron chi connectivity index (χ2n) is 8.77. The molecule has 0 radical (unpaired) electrons. The number of aromatic nitrogens is 3. The summed E-state index contributed by atoms with van der Waals surface area (Å²) in [5.41, 5.74) is -2.97. The molecule has 11 heteroatoms. The fraction of sp³-hybridized carbons (Fsp3) is 0.435. The lowest BCUT2D eigenvalue weighted by atomic mass is 9.91. The number of aryl methyl sites for hydroxylation is 1. The number of nitrogens with one attached hydrogen (secondary N) is 1. The molecule has 1 saturated heterocycles. The quantitative estimate of drug-likeness (QED) is 0.573. The van der Waals surface area contributed by atoms with E-state index in [1.807, 2.05) is 6.92 Å². The Morgan fingerprint density at radius 3 is 2.50 bits per heavy atom. The van der Waals surface area contributed by atoms with Crippen molar-refractivity contribution in [2.75, 3.05) is 18.5 Å². The SMILES string of the molecule is C[C@@H](Nc1nn(C)c(=O)c2cc(=O)n(C3(C)CCOCC3)cc12)c1cccc(C(F)(F)F)c1F. The number of hydrogen-bond acceptors (Lipinski definition) is 5. The zero-order chi connectivity index (χ0) is 24.8. The van der Waals surface area contributed by atoms with Crippen LogP contribution < -0.4 is 16.4 Å². The predicted octanol–water partition coefficient (Wildman–Crippen LogP) is 3.95. The van der Waals surface area contributed by atoms with Gasteiger partial charge in [0, 0.05) is 49.0 Å². The summed E-state index contributed by atoms with van der Waals surface area (Å²) in [6.07, 6.45) is -2.12. The van der Waals surface area contributed by atoms with Gasteiger partial charge in [-0.3, -0.25) is 9.59 Å². The average Bonchev–Trinajstić information content (AvgIpc) is 2.76. The summed E-state index contributed by atoms with van der Waals surface area (Å²) in [6, 6.07) is 3.38. The third-order valence-corrected chi connectivity index (χ3v) is 6.39. The predicted molar refractivity (Wildman–Crippen MR) is 118 cm³/mol. The smallest absolute Gasteiger partial charge is 0.381 e. The number of benzene rings is 1. The van der Waals surface area contributed by atoms with Gasteiger partial charge in [0.25, 0.3) is 11.1 Å². The molecular formula is C23H24F4N4O3. The van der Waals surface area contributed by atoms with Crippen molar-refractivity contribution in [1.29, 1.82) is 0 Å². The van der Waals surface area contributed by atoms with Crippen LogP contribution in [0.4, 0.5) is 23.4 Å². The molecule has 182 valence electrons. The molecule has 34 heavy (non-hydrogen) atoms. The Balaban J connectivity index is 1.83. The lowest BCUT2D eigenvalue weighted by molar-refractivity contribution is -0.140. The van der Waals surface area contributed by atoms with Crippen LogP contribution in [0.5, 0.6) is 0 Å². The lowest BCUT2D eigenvalue weighted by Gasteiger charge is -2.35. The summed E-state index contributed by atoms with van der Waals surface area (Å²) < 4.78 is 62.2. The highest BCUT2D eigenvalue weighted by atomic mass is 19.4. The molecule has 1 aliphatic rings. The third-order valence-electron chi connectivity index (χ3n) is 6.39. The van der Waals surface area contributed by atoms with E-state index in [0.29, 0.717) is 37.5 Å². The second-order valence-corrected chi connectivity index (χ2v) is 8.77. The van der Waals surface area contributed by atoms with Gasteiger partial charge in [0.2, 0.25) is 0 Å². The van der Waals surface area contributed by atoms with Crippen LogP contribution in [0.3, 0.4) is 0 Å². The minimum atomic E-state index is -4.84. The number of fused-ring (bicyclic) bond motifs is 1. The van der Waals surface area contributed by atoms with Crippen LogP contribution in [-0.2, 0) is 23.5 Å². The summed E-state index contributed by atoms with van der Waals surface area (Å²) >= 11 is 0. The molecule has 1 N–H and O–H groups in total. The molecule has 0 amide bonds. The standard InChI is InChI=1S/C23H24F4N4O3/c1-13(14-5-4-6-17(19(14)24)23(25,26)27)28-20-16-12-31(22(2)7-9-34-10-8-22)18(32)11-15(16)21(33)30(3)29-20/h4-6,11-13H,7-10H2,1-3H3,(H,28,29)/t13-/m1/s1. The maximum Gasteiger partial charge on any atom is 0.419 e. The van der Waals surface area contributed by atoms with Crippen LogP contribution in [0.2, 0.25) is 0 Å². The molecule has 2 aromatic heterocycles. The Hall–Kier alpha value is -3.21. The van der Waals surface area contributed by atoms with Gasteiger partial charge in [0.1, 0.15) is 5.82 Å². The maximum atomic E-state index is 14.7. The van der Waals surface area contributed by atoms with Gasteiger partial charge in [-0.05, 0) is 32.8 Å². The first-order chi connectivity index (χ1) is 15.9. The largest absolute Gasteiger partial charge is 0.419 e. The first-order valence-electron chi connectivity index (χ1n) is 10.8. The monoisotopic (exact) mass is 480 g/mol. The second kappa shape index (κ2) is 8.53. The van der Waals surface area contributed by atoms with Crippen LogP contribution in [0.25, 0.3) is 10.8 Å². The molecule has 1 aliphatic heterocycles. The molecule has 3 aromatic rings. The molecule has 1 aromatic carbocycles. The number of nitrogens with zero attached hydrogens (tertiary/aromatic N) is 3. The molecule has 1 fully saturated rings. The van der Waals surface area contributed by atoms with Crippen molar-refractivity contribution < 1.29 is 22.3 Å². The Kier molecular flexibility index (Phi) is 6.01. The zero-order valence-corrected chi connectivity index (χ0v) is 18.9. The summed E-state index contributed by atoms with van der Waals surface area (Å²) in [7, 11) is 1.40. The van der Waals surface area contributed by atoms with Crippen molar-refractivity contribution in [2.45, 2.75) is 44.4 Å². The molecule has 0 saturated carbocycles. The molecule has 0 bridgehead atoms. The highest BCUT2D eigenvalue weighted by molar-refractivity contribution is 5.90. The van der Waals surface area contributed by atoms with E-state index in [4.69, 9.17) is 4.74 Å². The number of alkyl halides is 3. The number of halogens is 4. The minimum absolute atomic E-state index is 0.105. The van der Waals surface area contributed by atoms with E-state index in [1.165, 1.54) is 32.3 Å². The number of pyridine rings is 1. The van der Waals surface area contributed by atoms with E-state index < -0.39 is 34.7 Å². The van der Waals surface area contributed by atoms with Gasteiger partial charge in [-0.25, -0.2) is 9.07 Å². The Labute approximate surface area is 192 Å². The van der Waals surface area contributed by atoms with Gasteiger partial charge < -0.3 is 14.6 Å². The Bertz CT molecular complexity index is 1360. The van der Waals surface area contributed by atoms with E-state index >= 15 is 0 Å². The first-order valence-corrected chi connectivity index (χ1v) is 10.8. The zero-order valence-electron chi connectivity index (χ0n) is 18.9. The van der Waals surface area contributed by atoms with Gasteiger partial charge in [-0.1, -0.05) is 12.1 Å². The van der Waals surface area contributed by atoms with Crippen LogP contribution in [0.1, 0.15) is 43.9 Å². The van der Waals surface area contributed by atoms with Gasteiger partial charge >= 0.3 is 6.18 Å². The third kappa shape index (κ3) is 4.20. The van der Waals surface area contributed by atoms with E-state index in [1.54, 1.807) is 4.57 Å². The Morgan fingerprint density at radius 2 is 1.85 bits per heavy atom. The van der Waals surface area contributed by atoms with Crippen molar-refractivity contribution in [3.8, 4) is 0 Å². The normalized spacial score (nSPS) is 17.0. The van der Waals surface area contributed by atoms with Crippen LogP contribution in [0, 0.1) is 5.82 Å². The lowest BCUT2D eigenvalue weighted by Crippen LogP contribution is -2.42. The molecule has 0 unspecified atom stereocenters. The molecular weight excluding hydrogens is 456 g/mol. The number of rotatable bonds is 4. The van der Waals surface area contributed by atoms with Crippen molar-refractivity contribution in [3.63, 3.8) is 0 Å². The first kappa shape index (κ1) is 23.9. The summed E-state index contributed by atoms with van der Waals surface area (Å²) in [5.74, 6) is -1.23. The van der Waals surface area contributed by atoms with Crippen LogP contribution in [-0.4, -0.2) is 27.6 Å². The van der Waals surface area contributed by atoms with Crippen molar-refractivity contribution >= 4 is 16.6 Å². The van der Waals surface area contributed by atoms with Gasteiger partial charge in [0.15, 0.2) is 5.82 Å². The van der Waals surface area contributed by atoms with Crippen molar-refractivity contribution in [1.82, 2.24) is 14.3 Å². The Morgan fingerprint density at radius 1 is 1.18 bits per heavy atom. The number of anilines is 1. The molecule has 7 nitrogen and oxygen atoms in total. The summed E-state index contributed by atoms with van der Waals surface area (Å²) in [4.78, 5) is 25.6. The average molecular weight is 480 g/mol. The van der Waals surface area contributed by atoms with Gasteiger partial charge in [-0.15, -0.1) is 0 Å². The van der Waals surface area contributed by atoms with E-state index in [-0.39, 0.29) is 22.3 Å².